The van der Waals surface area contributed by atoms with Gasteiger partial charge in [-0.05, 0) is 62.9 Å². The first-order valence-corrected chi connectivity index (χ1v) is 10.7. The number of hydrogen-bond acceptors (Lipinski definition) is 5. The molecule has 0 spiro atoms. The second-order valence-corrected chi connectivity index (χ2v) is 8.06. The maximum Gasteiger partial charge on any atom is 0.248 e. The molecule has 1 aliphatic carbocycles. The summed E-state index contributed by atoms with van der Waals surface area (Å²) in [7, 11) is 1.92. The zero-order valence-corrected chi connectivity index (χ0v) is 18.3. The van der Waals surface area contributed by atoms with Crippen LogP contribution >= 0.6 is 0 Å². The minimum atomic E-state index is -0.564. The molecule has 0 N–H and O–H groups in total. The third kappa shape index (κ3) is 5.20. The number of pyridine rings is 1. The van der Waals surface area contributed by atoms with Gasteiger partial charge in [-0.1, -0.05) is 12.1 Å². The lowest BCUT2D eigenvalue weighted by Gasteiger charge is -2.42. The SMILES string of the molecule is CCN(CC(C)N(C)c1ccc(C#N)cn1)C(=O)COC1(c2cccc(F)c2)CCC1. The summed E-state index contributed by atoms with van der Waals surface area (Å²) in [6, 6.07) is 12.1. The lowest BCUT2D eigenvalue weighted by molar-refractivity contribution is -0.153. The van der Waals surface area contributed by atoms with Crippen molar-refractivity contribution in [1.29, 1.82) is 5.26 Å². The predicted octanol–water partition coefficient (Wildman–Crippen LogP) is 3.86. The largest absolute Gasteiger partial charge is 0.360 e. The van der Waals surface area contributed by atoms with Crippen LogP contribution in [0, 0.1) is 17.1 Å². The van der Waals surface area contributed by atoms with Crippen molar-refractivity contribution in [1.82, 2.24) is 9.88 Å². The molecule has 0 saturated heterocycles. The Kier molecular flexibility index (Phi) is 7.24. The summed E-state index contributed by atoms with van der Waals surface area (Å²) in [6.07, 6.45) is 4.12. The molecule has 0 aliphatic heterocycles. The summed E-state index contributed by atoms with van der Waals surface area (Å²) < 4.78 is 19.8. The first kappa shape index (κ1) is 22.7. The molecule has 1 heterocycles. The molecule has 0 radical (unpaired) electrons. The normalized spacial score (nSPS) is 15.5. The van der Waals surface area contributed by atoms with E-state index in [1.807, 2.05) is 31.9 Å². The van der Waals surface area contributed by atoms with Crippen LogP contribution in [0.15, 0.2) is 42.6 Å². The van der Waals surface area contributed by atoms with Crippen molar-refractivity contribution in [3.63, 3.8) is 0 Å². The van der Waals surface area contributed by atoms with Gasteiger partial charge in [0.2, 0.25) is 5.91 Å². The third-order valence-electron chi connectivity index (χ3n) is 6.10. The molecule has 6 nitrogen and oxygen atoms in total. The highest BCUT2D eigenvalue weighted by Gasteiger charge is 2.40. The summed E-state index contributed by atoms with van der Waals surface area (Å²) in [6.45, 7) is 5.01. The van der Waals surface area contributed by atoms with Crippen molar-refractivity contribution in [3.8, 4) is 6.07 Å². The Balaban J connectivity index is 1.59. The van der Waals surface area contributed by atoms with Gasteiger partial charge in [-0.25, -0.2) is 9.37 Å². The Bertz CT molecular complexity index is 937. The van der Waals surface area contributed by atoms with Crippen molar-refractivity contribution in [3.05, 3.63) is 59.5 Å². The topological polar surface area (TPSA) is 69.5 Å². The smallest absolute Gasteiger partial charge is 0.248 e. The van der Waals surface area contributed by atoms with E-state index in [0.29, 0.717) is 18.7 Å². The van der Waals surface area contributed by atoms with E-state index >= 15 is 0 Å². The minimum Gasteiger partial charge on any atom is -0.360 e. The molecule has 1 aliphatic rings. The molecule has 1 unspecified atom stereocenters. The van der Waals surface area contributed by atoms with Crippen molar-refractivity contribution >= 4 is 11.7 Å². The van der Waals surface area contributed by atoms with E-state index in [9.17, 15) is 9.18 Å². The van der Waals surface area contributed by atoms with Gasteiger partial charge < -0.3 is 14.5 Å². The average Bonchev–Trinajstić information content (AvgIpc) is 2.76. The van der Waals surface area contributed by atoms with Crippen molar-refractivity contribution < 1.29 is 13.9 Å². The van der Waals surface area contributed by atoms with Crippen molar-refractivity contribution in [2.45, 2.75) is 44.8 Å². The molecule has 1 fully saturated rings. The summed E-state index contributed by atoms with van der Waals surface area (Å²) in [5.74, 6) is 0.367. The molecule has 31 heavy (non-hydrogen) atoms. The predicted molar refractivity (Wildman–Crippen MR) is 117 cm³/mol. The first-order valence-electron chi connectivity index (χ1n) is 10.7. The van der Waals surface area contributed by atoms with Crippen molar-refractivity contribution in [2.24, 2.45) is 0 Å². The number of ether oxygens (including phenoxy) is 1. The summed E-state index contributed by atoms with van der Waals surface area (Å²) in [5.41, 5.74) is 0.747. The summed E-state index contributed by atoms with van der Waals surface area (Å²) in [5, 5.41) is 8.93. The lowest BCUT2D eigenvalue weighted by atomic mass is 9.75. The molecule has 7 heteroatoms. The molecule has 1 saturated carbocycles. The van der Waals surface area contributed by atoms with Gasteiger partial charge in [0, 0.05) is 32.4 Å². The van der Waals surface area contributed by atoms with Crippen LogP contribution in [-0.2, 0) is 15.1 Å². The number of carbonyl (C=O) groups is 1. The summed E-state index contributed by atoms with van der Waals surface area (Å²) >= 11 is 0. The molecule has 1 aromatic carbocycles. The zero-order chi connectivity index (χ0) is 22.4. The lowest BCUT2D eigenvalue weighted by Crippen LogP contribution is -2.46. The molecular weight excluding hydrogens is 395 g/mol. The van der Waals surface area contributed by atoms with Crippen LogP contribution < -0.4 is 4.90 Å². The van der Waals surface area contributed by atoms with Gasteiger partial charge in [-0.3, -0.25) is 4.79 Å². The van der Waals surface area contributed by atoms with Gasteiger partial charge in [-0.2, -0.15) is 5.26 Å². The van der Waals surface area contributed by atoms with Crippen molar-refractivity contribution in [2.75, 3.05) is 31.6 Å². The van der Waals surface area contributed by atoms with E-state index in [4.69, 9.17) is 10.00 Å². The number of rotatable bonds is 9. The van der Waals surface area contributed by atoms with E-state index in [1.165, 1.54) is 12.1 Å². The van der Waals surface area contributed by atoms with E-state index in [-0.39, 0.29) is 24.4 Å². The van der Waals surface area contributed by atoms with Crippen LogP contribution in [0.4, 0.5) is 10.2 Å². The quantitative estimate of drug-likeness (QED) is 0.611. The van der Waals surface area contributed by atoms with Gasteiger partial charge >= 0.3 is 0 Å². The number of aromatic nitrogens is 1. The molecule has 3 rings (SSSR count). The number of hydrogen-bond donors (Lipinski definition) is 0. The third-order valence-corrected chi connectivity index (χ3v) is 6.10. The second kappa shape index (κ2) is 9.88. The number of amides is 1. The molecule has 1 aromatic heterocycles. The number of nitrogens with zero attached hydrogens (tertiary/aromatic N) is 4. The summed E-state index contributed by atoms with van der Waals surface area (Å²) in [4.78, 5) is 21.0. The Hall–Kier alpha value is -2.98. The molecule has 1 atom stereocenters. The van der Waals surface area contributed by atoms with Crippen LogP contribution in [0.5, 0.6) is 0 Å². The maximum atomic E-state index is 13.7. The highest BCUT2D eigenvalue weighted by molar-refractivity contribution is 5.77. The number of halogens is 1. The van der Waals surface area contributed by atoms with Crippen LogP contribution in [0.1, 0.15) is 44.2 Å². The number of carbonyl (C=O) groups excluding carboxylic acids is 1. The van der Waals surface area contributed by atoms with Crippen LogP contribution in [0.2, 0.25) is 0 Å². The highest BCUT2D eigenvalue weighted by atomic mass is 19.1. The Labute approximate surface area is 183 Å². The van der Waals surface area contributed by atoms with Gasteiger partial charge in [-0.15, -0.1) is 0 Å². The fourth-order valence-corrected chi connectivity index (χ4v) is 3.81. The molecule has 1 amide bonds. The van der Waals surface area contributed by atoms with Gasteiger partial charge in [0.25, 0.3) is 0 Å². The number of likely N-dealkylation sites (N-methyl/N-ethyl adjacent to an activating group) is 2. The second-order valence-electron chi connectivity index (χ2n) is 8.06. The Morgan fingerprint density at radius 3 is 2.68 bits per heavy atom. The number of benzene rings is 1. The van der Waals surface area contributed by atoms with E-state index in [1.54, 1.807) is 29.3 Å². The van der Waals surface area contributed by atoms with E-state index in [0.717, 1.165) is 30.6 Å². The number of anilines is 1. The molecule has 2 aromatic rings. The standard InChI is InChI=1S/C24H29FN4O2/c1-4-29(16-18(2)28(3)22-10-9-19(14-26)15-27-22)23(30)17-31-24(11-6-12-24)20-7-5-8-21(25)13-20/h5,7-10,13,15,18H,4,6,11-12,16-17H2,1-3H3. The van der Waals surface area contributed by atoms with Crippen LogP contribution in [0.3, 0.4) is 0 Å². The molecular formula is C24H29FN4O2. The Morgan fingerprint density at radius 1 is 1.35 bits per heavy atom. The number of nitriles is 1. The van der Waals surface area contributed by atoms with E-state index < -0.39 is 5.60 Å². The minimum absolute atomic E-state index is 0.0187. The fourth-order valence-electron chi connectivity index (χ4n) is 3.81. The van der Waals surface area contributed by atoms with Gasteiger partial charge in [0.05, 0.1) is 11.2 Å². The van der Waals surface area contributed by atoms with Crippen LogP contribution in [0.25, 0.3) is 0 Å². The van der Waals surface area contributed by atoms with Gasteiger partial charge in [0.15, 0.2) is 0 Å². The fraction of sp³-hybridized carbons (Fsp3) is 0.458. The maximum absolute atomic E-state index is 13.7. The monoisotopic (exact) mass is 424 g/mol. The first-order chi connectivity index (χ1) is 14.9. The Morgan fingerprint density at radius 2 is 2.13 bits per heavy atom. The van der Waals surface area contributed by atoms with E-state index in [2.05, 4.69) is 11.1 Å². The van der Waals surface area contributed by atoms with Gasteiger partial charge in [0.1, 0.15) is 24.3 Å². The molecule has 0 bridgehead atoms. The molecule has 164 valence electrons. The highest BCUT2D eigenvalue weighted by Crippen LogP contribution is 2.44. The zero-order valence-electron chi connectivity index (χ0n) is 18.3. The van der Waals surface area contributed by atoms with Crippen LogP contribution in [-0.4, -0.2) is 48.6 Å². The average molecular weight is 425 g/mol.